The average Bonchev–Trinajstić information content (AvgIpc) is 2.61. The van der Waals surface area contributed by atoms with Gasteiger partial charge in [0.15, 0.2) is 0 Å². The molecule has 2 aromatic rings. The summed E-state index contributed by atoms with van der Waals surface area (Å²) in [7, 11) is 0. The van der Waals surface area contributed by atoms with E-state index >= 15 is 0 Å². The Bertz CT molecular complexity index is 870. The monoisotopic (exact) mass is 397 g/mol. The Morgan fingerprint density at radius 1 is 0.931 bits per heavy atom. The SMILES string of the molecule is Cc1ccc(C(=O)Nc2cccc(NC(=O)CCNC(=O)OC(C)(C)C)c2)cc1. The van der Waals surface area contributed by atoms with Crippen molar-refractivity contribution in [1.29, 1.82) is 0 Å². The van der Waals surface area contributed by atoms with Crippen LogP contribution in [0.25, 0.3) is 0 Å². The normalized spacial score (nSPS) is 10.8. The van der Waals surface area contributed by atoms with E-state index in [4.69, 9.17) is 4.74 Å². The van der Waals surface area contributed by atoms with Crippen LogP contribution in [0.2, 0.25) is 0 Å². The van der Waals surface area contributed by atoms with Crippen molar-refractivity contribution in [2.45, 2.75) is 39.7 Å². The van der Waals surface area contributed by atoms with Gasteiger partial charge < -0.3 is 20.7 Å². The van der Waals surface area contributed by atoms with Gasteiger partial charge in [0, 0.05) is 29.9 Å². The van der Waals surface area contributed by atoms with Crippen LogP contribution in [0, 0.1) is 6.92 Å². The maximum absolute atomic E-state index is 12.3. The van der Waals surface area contributed by atoms with Gasteiger partial charge in [-0.15, -0.1) is 0 Å². The van der Waals surface area contributed by atoms with Crippen LogP contribution >= 0.6 is 0 Å². The standard InChI is InChI=1S/C22H27N3O4/c1-15-8-10-16(11-9-15)20(27)25-18-7-5-6-17(14-18)24-19(26)12-13-23-21(28)29-22(2,3)4/h5-11,14H,12-13H2,1-4H3,(H,23,28)(H,24,26)(H,25,27). The molecule has 3 amide bonds. The highest BCUT2D eigenvalue weighted by atomic mass is 16.6. The number of aryl methyl sites for hydroxylation is 1. The number of benzene rings is 2. The van der Waals surface area contributed by atoms with Gasteiger partial charge >= 0.3 is 6.09 Å². The highest BCUT2D eigenvalue weighted by Gasteiger charge is 2.16. The van der Waals surface area contributed by atoms with Crippen LogP contribution in [0.4, 0.5) is 16.2 Å². The highest BCUT2D eigenvalue weighted by Crippen LogP contribution is 2.16. The third-order valence-electron chi connectivity index (χ3n) is 3.74. The van der Waals surface area contributed by atoms with Gasteiger partial charge in [-0.2, -0.15) is 0 Å². The fourth-order valence-corrected chi connectivity index (χ4v) is 2.40. The minimum atomic E-state index is -0.588. The number of hydrogen-bond donors (Lipinski definition) is 3. The number of alkyl carbamates (subject to hydrolysis) is 1. The first-order valence-corrected chi connectivity index (χ1v) is 9.37. The number of carbonyl (C=O) groups is 3. The van der Waals surface area contributed by atoms with E-state index < -0.39 is 11.7 Å². The van der Waals surface area contributed by atoms with E-state index in [0.717, 1.165) is 5.56 Å². The zero-order valence-electron chi connectivity index (χ0n) is 17.2. The first-order chi connectivity index (χ1) is 13.6. The molecule has 0 saturated carbocycles. The number of anilines is 2. The maximum atomic E-state index is 12.3. The average molecular weight is 397 g/mol. The molecule has 0 unspecified atom stereocenters. The summed E-state index contributed by atoms with van der Waals surface area (Å²) in [6, 6.07) is 14.1. The Labute approximate surface area is 170 Å². The summed E-state index contributed by atoms with van der Waals surface area (Å²) in [6.45, 7) is 7.42. The molecule has 0 radical (unpaired) electrons. The smallest absolute Gasteiger partial charge is 0.407 e. The molecule has 0 bridgehead atoms. The van der Waals surface area contributed by atoms with E-state index in [1.165, 1.54) is 0 Å². The van der Waals surface area contributed by atoms with Crippen LogP contribution in [-0.2, 0) is 9.53 Å². The van der Waals surface area contributed by atoms with Crippen molar-refractivity contribution in [2.75, 3.05) is 17.2 Å². The Morgan fingerprint density at radius 3 is 2.17 bits per heavy atom. The molecular formula is C22H27N3O4. The summed E-state index contributed by atoms with van der Waals surface area (Å²) >= 11 is 0. The van der Waals surface area contributed by atoms with Crippen molar-refractivity contribution >= 4 is 29.3 Å². The maximum Gasteiger partial charge on any atom is 0.407 e. The molecule has 0 atom stereocenters. The molecule has 0 aliphatic carbocycles. The lowest BCUT2D eigenvalue weighted by Crippen LogP contribution is -2.34. The molecule has 0 spiro atoms. The number of hydrogen-bond acceptors (Lipinski definition) is 4. The topological polar surface area (TPSA) is 96.5 Å². The Balaban J connectivity index is 1.84. The third-order valence-corrected chi connectivity index (χ3v) is 3.74. The third kappa shape index (κ3) is 8.04. The van der Waals surface area contributed by atoms with E-state index in [9.17, 15) is 14.4 Å². The Morgan fingerprint density at radius 2 is 1.55 bits per heavy atom. The number of carbonyl (C=O) groups excluding carboxylic acids is 3. The molecule has 29 heavy (non-hydrogen) atoms. The molecule has 2 rings (SSSR count). The second kappa shape index (κ2) is 9.73. The minimum absolute atomic E-state index is 0.0964. The summed E-state index contributed by atoms with van der Waals surface area (Å²) in [5.41, 5.74) is 2.16. The molecule has 2 aromatic carbocycles. The van der Waals surface area contributed by atoms with Crippen LogP contribution in [0.3, 0.4) is 0 Å². The Hall–Kier alpha value is -3.35. The van der Waals surface area contributed by atoms with Crippen molar-refractivity contribution in [2.24, 2.45) is 0 Å². The fraction of sp³-hybridized carbons (Fsp3) is 0.318. The van der Waals surface area contributed by atoms with Crippen LogP contribution in [-0.4, -0.2) is 30.1 Å². The summed E-state index contributed by atoms with van der Waals surface area (Å²) < 4.78 is 5.11. The molecule has 0 saturated heterocycles. The van der Waals surface area contributed by atoms with Crippen molar-refractivity contribution in [3.05, 3.63) is 59.7 Å². The lowest BCUT2D eigenvalue weighted by molar-refractivity contribution is -0.116. The molecule has 7 heteroatoms. The summed E-state index contributed by atoms with van der Waals surface area (Å²) in [5.74, 6) is -0.488. The zero-order chi connectivity index (χ0) is 21.4. The summed E-state index contributed by atoms with van der Waals surface area (Å²) in [5, 5.41) is 8.09. The first-order valence-electron chi connectivity index (χ1n) is 9.37. The van der Waals surface area contributed by atoms with Crippen LogP contribution < -0.4 is 16.0 Å². The van der Waals surface area contributed by atoms with Gasteiger partial charge in [0.25, 0.3) is 5.91 Å². The highest BCUT2D eigenvalue weighted by molar-refractivity contribution is 6.04. The van der Waals surface area contributed by atoms with E-state index in [0.29, 0.717) is 16.9 Å². The molecule has 0 heterocycles. The molecule has 7 nitrogen and oxygen atoms in total. The van der Waals surface area contributed by atoms with E-state index in [1.54, 1.807) is 57.2 Å². The predicted molar refractivity (Wildman–Crippen MR) is 113 cm³/mol. The number of amides is 3. The molecule has 0 aliphatic heterocycles. The molecule has 0 fully saturated rings. The van der Waals surface area contributed by atoms with Crippen molar-refractivity contribution < 1.29 is 19.1 Å². The van der Waals surface area contributed by atoms with E-state index in [1.807, 2.05) is 19.1 Å². The molecule has 154 valence electrons. The van der Waals surface area contributed by atoms with E-state index in [2.05, 4.69) is 16.0 Å². The van der Waals surface area contributed by atoms with Gasteiger partial charge in [-0.25, -0.2) is 4.79 Å². The fourth-order valence-electron chi connectivity index (χ4n) is 2.40. The second-order valence-corrected chi connectivity index (χ2v) is 7.63. The molecule has 0 aliphatic rings. The van der Waals surface area contributed by atoms with Crippen LogP contribution in [0.1, 0.15) is 43.1 Å². The van der Waals surface area contributed by atoms with Gasteiger partial charge in [-0.1, -0.05) is 23.8 Å². The van der Waals surface area contributed by atoms with E-state index in [-0.39, 0.29) is 24.8 Å². The first kappa shape index (κ1) is 21.9. The van der Waals surface area contributed by atoms with Gasteiger partial charge in [-0.3, -0.25) is 9.59 Å². The van der Waals surface area contributed by atoms with Crippen molar-refractivity contribution in [3.63, 3.8) is 0 Å². The number of rotatable bonds is 6. The largest absolute Gasteiger partial charge is 0.444 e. The van der Waals surface area contributed by atoms with Crippen LogP contribution in [0.15, 0.2) is 48.5 Å². The van der Waals surface area contributed by atoms with Crippen molar-refractivity contribution in [3.8, 4) is 0 Å². The molecular weight excluding hydrogens is 370 g/mol. The van der Waals surface area contributed by atoms with Gasteiger partial charge in [0.2, 0.25) is 5.91 Å². The zero-order valence-corrected chi connectivity index (χ0v) is 17.2. The lowest BCUT2D eigenvalue weighted by Gasteiger charge is -2.19. The second-order valence-electron chi connectivity index (χ2n) is 7.63. The minimum Gasteiger partial charge on any atom is -0.444 e. The van der Waals surface area contributed by atoms with Gasteiger partial charge in [-0.05, 0) is 58.0 Å². The van der Waals surface area contributed by atoms with Crippen LogP contribution in [0.5, 0.6) is 0 Å². The number of ether oxygens (including phenoxy) is 1. The van der Waals surface area contributed by atoms with Gasteiger partial charge in [0.05, 0.1) is 0 Å². The molecule has 3 N–H and O–H groups in total. The summed E-state index contributed by atoms with van der Waals surface area (Å²) in [4.78, 5) is 36.0. The Kier molecular flexibility index (Phi) is 7.36. The quantitative estimate of drug-likeness (QED) is 0.684. The van der Waals surface area contributed by atoms with Crippen molar-refractivity contribution in [1.82, 2.24) is 5.32 Å². The summed E-state index contributed by atoms with van der Waals surface area (Å²) in [6.07, 6.45) is -0.467. The predicted octanol–water partition coefficient (Wildman–Crippen LogP) is 4.10. The lowest BCUT2D eigenvalue weighted by atomic mass is 10.1. The van der Waals surface area contributed by atoms with Gasteiger partial charge in [0.1, 0.15) is 5.60 Å². The number of nitrogens with one attached hydrogen (secondary N) is 3. The molecule has 0 aromatic heterocycles.